The number of fused-ring (bicyclic) bond motifs is 1. The van der Waals surface area contributed by atoms with Gasteiger partial charge in [0, 0.05) is 26.2 Å². The molecule has 3 N–H and O–H groups in total. The van der Waals surface area contributed by atoms with E-state index in [-0.39, 0.29) is 16.9 Å². The molecule has 3 aliphatic rings. The van der Waals surface area contributed by atoms with Crippen molar-refractivity contribution in [3.63, 3.8) is 0 Å². The highest BCUT2D eigenvalue weighted by Gasteiger charge is 2.33. The lowest BCUT2D eigenvalue weighted by Gasteiger charge is -2.33. The molecular weight excluding hydrogens is 328 g/mol. The Morgan fingerprint density at radius 3 is 2.67 bits per heavy atom. The molecule has 1 unspecified atom stereocenters. The molecule has 1 atom stereocenters. The van der Waals surface area contributed by atoms with Crippen molar-refractivity contribution in [2.75, 3.05) is 49.2 Å². The van der Waals surface area contributed by atoms with Gasteiger partial charge in [0.05, 0.1) is 24.2 Å². The number of aliphatic hydroxyl groups is 1. The van der Waals surface area contributed by atoms with Crippen LogP contribution in [-0.2, 0) is 4.74 Å². The molecular formula is C15H20N6O2S. The SMILES string of the molecule is N=C1Sc2c(nc(N3CCCC(O)C3)nc2N2CCOCC2)C1=N. The van der Waals surface area contributed by atoms with Gasteiger partial charge in [-0.05, 0) is 12.8 Å². The molecule has 3 aliphatic heterocycles. The van der Waals surface area contributed by atoms with Crippen LogP contribution in [0.3, 0.4) is 0 Å². The maximum Gasteiger partial charge on any atom is 0.228 e. The van der Waals surface area contributed by atoms with Crippen LogP contribution >= 0.6 is 11.8 Å². The van der Waals surface area contributed by atoms with E-state index < -0.39 is 0 Å². The van der Waals surface area contributed by atoms with Crippen molar-refractivity contribution in [2.24, 2.45) is 0 Å². The van der Waals surface area contributed by atoms with Crippen LogP contribution < -0.4 is 9.80 Å². The summed E-state index contributed by atoms with van der Waals surface area (Å²) in [5, 5.41) is 26.3. The Kier molecular flexibility index (Phi) is 4.15. The van der Waals surface area contributed by atoms with Crippen LogP contribution in [0.1, 0.15) is 18.5 Å². The Labute approximate surface area is 144 Å². The van der Waals surface area contributed by atoms with Gasteiger partial charge in [0.2, 0.25) is 5.95 Å². The first-order valence-corrected chi connectivity index (χ1v) is 8.98. The maximum atomic E-state index is 9.94. The lowest BCUT2D eigenvalue weighted by Crippen LogP contribution is -2.41. The van der Waals surface area contributed by atoms with Gasteiger partial charge in [0.15, 0.2) is 0 Å². The van der Waals surface area contributed by atoms with Crippen molar-refractivity contribution < 1.29 is 9.84 Å². The molecule has 2 fully saturated rings. The summed E-state index contributed by atoms with van der Waals surface area (Å²) in [5.74, 6) is 1.34. The van der Waals surface area contributed by atoms with E-state index >= 15 is 0 Å². The molecule has 1 aromatic rings. The van der Waals surface area contributed by atoms with Crippen LogP contribution in [0.5, 0.6) is 0 Å². The van der Waals surface area contributed by atoms with Crippen LogP contribution in [0.4, 0.5) is 11.8 Å². The van der Waals surface area contributed by atoms with E-state index in [9.17, 15) is 5.11 Å². The van der Waals surface area contributed by atoms with E-state index in [1.54, 1.807) is 0 Å². The molecule has 1 aromatic heterocycles. The Bertz CT molecular complexity index is 691. The summed E-state index contributed by atoms with van der Waals surface area (Å²) in [5.41, 5.74) is 0.697. The van der Waals surface area contributed by atoms with E-state index in [2.05, 4.69) is 9.88 Å². The molecule has 2 saturated heterocycles. The highest BCUT2D eigenvalue weighted by Crippen LogP contribution is 2.39. The lowest BCUT2D eigenvalue weighted by molar-refractivity contribution is 0.122. The minimum absolute atomic E-state index is 0.158. The first-order chi connectivity index (χ1) is 11.6. The number of nitrogens with zero attached hydrogens (tertiary/aromatic N) is 4. The van der Waals surface area contributed by atoms with E-state index in [1.807, 2.05) is 4.90 Å². The van der Waals surface area contributed by atoms with Gasteiger partial charge in [-0.3, -0.25) is 10.8 Å². The molecule has 0 aromatic carbocycles. The number of ether oxygens (including phenoxy) is 1. The molecule has 0 radical (unpaired) electrons. The number of β-amino-alcohol motifs (C(OH)–C–C–N with tert-alkyl or cyclic N) is 1. The zero-order chi connectivity index (χ0) is 16.7. The van der Waals surface area contributed by atoms with Crippen LogP contribution in [0.15, 0.2) is 4.90 Å². The first-order valence-electron chi connectivity index (χ1n) is 8.17. The predicted octanol–water partition coefficient (Wildman–Crippen LogP) is 0.725. The fourth-order valence-corrected chi connectivity index (χ4v) is 4.13. The van der Waals surface area contributed by atoms with Gasteiger partial charge < -0.3 is 19.6 Å². The van der Waals surface area contributed by atoms with Gasteiger partial charge in [-0.25, -0.2) is 4.98 Å². The summed E-state index contributed by atoms with van der Waals surface area (Å²) in [6, 6.07) is 0. The Balaban J connectivity index is 1.75. The summed E-state index contributed by atoms with van der Waals surface area (Å²) in [4.78, 5) is 14.2. The summed E-state index contributed by atoms with van der Waals surface area (Å²) in [6.45, 7) is 4.10. The molecule has 24 heavy (non-hydrogen) atoms. The third-order valence-electron chi connectivity index (χ3n) is 4.49. The highest BCUT2D eigenvalue weighted by atomic mass is 32.2. The number of aliphatic hydroxyl groups excluding tert-OH is 1. The summed E-state index contributed by atoms with van der Waals surface area (Å²) in [6.07, 6.45) is 1.33. The van der Waals surface area contributed by atoms with Gasteiger partial charge in [-0.2, -0.15) is 4.98 Å². The standard InChI is InChI=1S/C15H20N6O2S/c16-10-11-12(24-13(10)17)14(20-4-6-23-7-5-20)19-15(18-11)21-3-1-2-9(22)8-21/h9,16-17,22H,1-8H2. The monoisotopic (exact) mass is 348 g/mol. The molecule has 4 heterocycles. The Morgan fingerprint density at radius 2 is 1.92 bits per heavy atom. The van der Waals surface area contributed by atoms with Gasteiger partial charge in [0.25, 0.3) is 0 Å². The van der Waals surface area contributed by atoms with E-state index in [1.165, 1.54) is 11.8 Å². The third-order valence-corrected chi connectivity index (χ3v) is 5.48. The van der Waals surface area contributed by atoms with Crippen molar-refractivity contribution in [1.82, 2.24) is 9.97 Å². The fraction of sp³-hybridized carbons (Fsp3) is 0.600. The van der Waals surface area contributed by atoms with Crippen molar-refractivity contribution >= 4 is 34.3 Å². The number of piperidine rings is 1. The molecule has 0 spiro atoms. The number of thioether (sulfide) groups is 1. The minimum Gasteiger partial charge on any atom is -0.391 e. The highest BCUT2D eigenvalue weighted by molar-refractivity contribution is 8.16. The fourth-order valence-electron chi connectivity index (χ4n) is 3.22. The molecule has 4 rings (SSSR count). The van der Waals surface area contributed by atoms with Crippen LogP contribution in [0, 0.1) is 10.8 Å². The third kappa shape index (κ3) is 2.76. The first kappa shape index (κ1) is 15.8. The number of aromatic nitrogens is 2. The molecule has 0 aliphatic carbocycles. The molecule has 8 nitrogen and oxygen atoms in total. The molecule has 9 heteroatoms. The quantitative estimate of drug-likeness (QED) is 0.722. The summed E-state index contributed by atoms with van der Waals surface area (Å²) < 4.78 is 5.42. The van der Waals surface area contributed by atoms with Gasteiger partial charge in [-0.15, -0.1) is 0 Å². The van der Waals surface area contributed by atoms with E-state index in [0.29, 0.717) is 31.4 Å². The smallest absolute Gasteiger partial charge is 0.228 e. The van der Waals surface area contributed by atoms with Crippen LogP contribution in [-0.4, -0.2) is 71.3 Å². The molecule has 0 amide bonds. The minimum atomic E-state index is -0.366. The van der Waals surface area contributed by atoms with Gasteiger partial charge in [-0.1, -0.05) is 11.8 Å². The number of hydrogen-bond acceptors (Lipinski definition) is 9. The van der Waals surface area contributed by atoms with Gasteiger partial charge >= 0.3 is 0 Å². The second kappa shape index (κ2) is 6.30. The number of nitrogens with one attached hydrogen (secondary N) is 2. The van der Waals surface area contributed by atoms with Crippen LogP contribution in [0.2, 0.25) is 0 Å². The van der Waals surface area contributed by atoms with Crippen molar-refractivity contribution in [3.8, 4) is 0 Å². The Hall–Kier alpha value is -1.71. The number of hydrogen-bond donors (Lipinski definition) is 3. The van der Waals surface area contributed by atoms with E-state index in [0.717, 1.165) is 43.2 Å². The zero-order valence-corrected chi connectivity index (χ0v) is 14.1. The summed E-state index contributed by atoms with van der Waals surface area (Å²) in [7, 11) is 0. The van der Waals surface area contributed by atoms with Crippen LogP contribution in [0.25, 0.3) is 0 Å². The average Bonchev–Trinajstić information content (AvgIpc) is 2.89. The second-order valence-corrected chi connectivity index (χ2v) is 7.19. The maximum absolute atomic E-state index is 9.94. The zero-order valence-electron chi connectivity index (χ0n) is 13.3. The molecule has 0 saturated carbocycles. The van der Waals surface area contributed by atoms with Crippen molar-refractivity contribution in [2.45, 2.75) is 23.8 Å². The van der Waals surface area contributed by atoms with Crippen molar-refractivity contribution in [1.29, 1.82) is 10.8 Å². The second-order valence-electron chi connectivity index (χ2n) is 6.17. The number of morpholine rings is 1. The predicted molar refractivity (Wildman–Crippen MR) is 92.9 cm³/mol. The van der Waals surface area contributed by atoms with Gasteiger partial charge in [0.1, 0.15) is 22.3 Å². The summed E-state index contributed by atoms with van der Waals surface area (Å²) >= 11 is 1.26. The lowest BCUT2D eigenvalue weighted by atomic mass is 10.1. The average molecular weight is 348 g/mol. The van der Waals surface area contributed by atoms with E-state index in [4.69, 9.17) is 20.5 Å². The van der Waals surface area contributed by atoms with Crippen molar-refractivity contribution in [3.05, 3.63) is 5.69 Å². The number of rotatable bonds is 2. The normalized spacial score (nSPS) is 24.5. The molecule has 0 bridgehead atoms. The largest absolute Gasteiger partial charge is 0.391 e. The topological polar surface area (TPSA) is 109 Å². The molecule has 128 valence electrons. The Morgan fingerprint density at radius 1 is 1.12 bits per heavy atom. The number of anilines is 2.